The van der Waals surface area contributed by atoms with Gasteiger partial charge in [0, 0.05) is 6.54 Å². The highest BCUT2D eigenvalue weighted by atomic mass is 16.6. The summed E-state index contributed by atoms with van der Waals surface area (Å²) in [5.74, 6) is 0.290. The normalized spacial score (nSPS) is 11.5. The summed E-state index contributed by atoms with van der Waals surface area (Å²) in [4.78, 5) is 23.7. The smallest absolute Gasteiger partial charge is 0.374 e. The zero-order valence-corrected chi connectivity index (χ0v) is 14.4. The Morgan fingerprint density at radius 3 is 2.56 bits per heavy atom. The minimum absolute atomic E-state index is 0.0602. The molecule has 134 valence electrons. The van der Waals surface area contributed by atoms with Crippen LogP contribution in [0.5, 0.6) is 11.5 Å². The van der Waals surface area contributed by atoms with Gasteiger partial charge in [0.15, 0.2) is 17.6 Å². The van der Waals surface area contributed by atoms with Crippen LogP contribution >= 0.6 is 0 Å². The van der Waals surface area contributed by atoms with Crippen molar-refractivity contribution in [2.24, 2.45) is 0 Å². The van der Waals surface area contributed by atoms with Gasteiger partial charge in [0.1, 0.15) is 0 Å². The molecule has 25 heavy (non-hydrogen) atoms. The fourth-order valence-electron chi connectivity index (χ4n) is 2.18. The van der Waals surface area contributed by atoms with Gasteiger partial charge in [-0.15, -0.1) is 0 Å². The Labute approximate surface area is 145 Å². The largest absolute Gasteiger partial charge is 0.493 e. The minimum atomic E-state index is -0.914. The summed E-state index contributed by atoms with van der Waals surface area (Å²) in [6.07, 6.45) is 1.05. The molecule has 0 aliphatic rings. The van der Waals surface area contributed by atoms with Crippen LogP contribution in [0.4, 0.5) is 0 Å². The van der Waals surface area contributed by atoms with E-state index in [-0.39, 0.29) is 11.7 Å². The number of hydrogen-bond acceptors (Lipinski definition) is 6. The van der Waals surface area contributed by atoms with Gasteiger partial charge in [0.2, 0.25) is 5.76 Å². The lowest BCUT2D eigenvalue weighted by molar-refractivity contribution is -0.129. The van der Waals surface area contributed by atoms with Crippen molar-refractivity contribution < 1.29 is 28.2 Å². The van der Waals surface area contributed by atoms with E-state index in [9.17, 15) is 9.59 Å². The Morgan fingerprint density at radius 1 is 1.16 bits per heavy atom. The number of carbonyl (C=O) groups is 2. The maximum atomic E-state index is 12.0. The molecule has 7 heteroatoms. The van der Waals surface area contributed by atoms with Crippen molar-refractivity contribution in [2.75, 3.05) is 20.8 Å². The van der Waals surface area contributed by atoms with E-state index in [0.29, 0.717) is 24.5 Å². The van der Waals surface area contributed by atoms with E-state index in [1.165, 1.54) is 19.3 Å². The van der Waals surface area contributed by atoms with Crippen LogP contribution in [0.2, 0.25) is 0 Å². The molecule has 1 amide bonds. The highest BCUT2D eigenvalue weighted by Crippen LogP contribution is 2.27. The summed E-state index contributed by atoms with van der Waals surface area (Å²) in [6.45, 7) is 1.91. The van der Waals surface area contributed by atoms with Crippen LogP contribution < -0.4 is 14.8 Å². The van der Waals surface area contributed by atoms with Crippen LogP contribution in [0.1, 0.15) is 23.0 Å². The first kappa shape index (κ1) is 18.4. The molecule has 0 saturated carbocycles. The van der Waals surface area contributed by atoms with Crippen molar-refractivity contribution in [3.8, 4) is 11.5 Å². The number of esters is 1. The van der Waals surface area contributed by atoms with Crippen molar-refractivity contribution in [3.05, 3.63) is 47.9 Å². The van der Waals surface area contributed by atoms with Crippen LogP contribution in [0.25, 0.3) is 0 Å². The quantitative estimate of drug-likeness (QED) is 0.737. The molecule has 0 aliphatic carbocycles. The van der Waals surface area contributed by atoms with E-state index in [0.717, 1.165) is 5.56 Å². The Bertz CT molecular complexity index is 710. The number of methoxy groups -OCH3 is 2. The molecule has 2 rings (SSSR count). The Kier molecular flexibility index (Phi) is 6.45. The number of furan rings is 1. The van der Waals surface area contributed by atoms with Gasteiger partial charge in [-0.2, -0.15) is 0 Å². The molecule has 1 N–H and O–H groups in total. The standard InChI is InChI=1S/C18H21NO6/c1-12(25-18(21)15-5-4-10-24-15)17(20)19-9-8-13-6-7-14(22-2)16(11-13)23-3/h4-7,10-12H,8-9H2,1-3H3,(H,19,20)/t12-/m1/s1. The third-order valence-corrected chi connectivity index (χ3v) is 3.54. The summed E-state index contributed by atoms with van der Waals surface area (Å²) in [7, 11) is 3.14. The third-order valence-electron chi connectivity index (χ3n) is 3.54. The number of rotatable bonds is 8. The third kappa shape index (κ3) is 5.00. The first-order valence-electron chi connectivity index (χ1n) is 7.78. The summed E-state index contributed by atoms with van der Waals surface area (Å²) in [5.41, 5.74) is 0.984. The molecule has 2 aromatic rings. The maximum absolute atomic E-state index is 12.0. The lowest BCUT2D eigenvalue weighted by atomic mass is 10.1. The van der Waals surface area contributed by atoms with Gasteiger partial charge in [0.05, 0.1) is 20.5 Å². The molecular weight excluding hydrogens is 326 g/mol. The van der Waals surface area contributed by atoms with Gasteiger partial charge in [-0.25, -0.2) is 4.79 Å². The predicted molar refractivity (Wildman–Crippen MR) is 89.8 cm³/mol. The van der Waals surface area contributed by atoms with E-state index in [4.69, 9.17) is 18.6 Å². The number of hydrogen-bond donors (Lipinski definition) is 1. The average Bonchev–Trinajstić information content (AvgIpc) is 3.16. The number of nitrogens with one attached hydrogen (secondary N) is 1. The summed E-state index contributed by atoms with van der Waals surface area (Å²) >= 11 is 0. The predicted octanol–water partition coefficient (Wildman–Crippen LogP) is 2.20. The second kappa shape index (κ2) is 8.77. The highest BCUT2D eigenvalue weighted by molar-refractivity contribution is 5.89. The Hall–Kier alpha value is -2.96. The number of carbonyl (C=O) groups excluding carboxylic acids is 2. The number of benzene rings is 1. The molecule has 0 fully saturated rings. The molecule has 1 aromatic carbocycles. The molecule has 0 spiro atoms. The van der Waals surface area contributed by atoms with E-state index in [1.807, 2.05) is 18.2 Å². The van der Waals surface area contributed by atoms with Gasteiger partial charge >= 0.3 is 5.97 Å². The average molecular weight is 347 g/mol. The second-order valence-electron chi connectivity index (χ2n) is 5.26. The first-order chi connectivity index (χ1) is 12.0. The van der Waals surface area contributed by atoms with Gasteiger partial charge in [-0.05, 0) is 43.2 Å². The zero-order valence-electron chi connectivity index (χ0n) is 14.4. The Morgan fingerprint density at radius 2 is 1.92 bits per heavy atom. The van der Waals surface area contributed by atoms with Crippen LogP contribution in [0, 0.1) is 0 Å². The molecule has 0 aliphatic heterocycles. The lowest BCUT2D eigenvalue weighted by Crippen LogP contribution is -2.36. The van der Waals surface area contributed by atoms with Crippen molar-refractivity contribution in [1.29, 1.82) is 0 Å². The van der Waals surface area contributed by atoms with Gasteiger partial charge in [0.25, 0.3) is 5.91 Å². The topological polar surface area (TPSA) is 87.0 Å². The second-order valence-corrected chi connectivity index (χ2v) is 5.26. The highest BCUT2D eigenvalue weighted by Gasteiger charge is 2.20. The molecule has 1 aromatic heterocycles. The minimum Gasteiger partial charge on any atom is -0.493 e. The fraction of sp³-hybridized carbons (Fsp3) is 0.333. The number of ether oxygens (including phenoxy) is 3. The van der Waals surface area contributed by atoms with E-state index >= 15 is 0 Å². The summed E-state index contributed by atoms with van der Waals surface area (Å²) in [6, 6.07) is 8.61. The SMILES string of the molecule is COc1ccc(CCNC(=O)[C@@H](C)OC(=O)c2ccco2)cc1OC. The molecule has 0 unspecified atom stereocenters. The van der Waals surface area contributed by atoms with Crippen LogP contribution in [-0.2, 0) is 16.0 Å². The summed E-state index contributed by atoms with van der Waals surface area (Å²) < 4.78 is 20.4. The maximum Gasteiger partial charge on any atom is 0.374 e. The molecule has 1 atom stereocenters. The van der Waals surface area contributed by atoms with E-state index in [2.05, 4.69) is 5.32 Å². The van der Waals surface area contributed by atoms with Crippen LogP contribution in [0.3, 0.4) is 0 Å². The molecule has 0 saturated heterocycles. The summed E-state index contributed by atoms with van der Waals surface area (Å²) in [5, 5.41) is 2.73. The number of amides is 1. The van der Waals surface area contributed by atoms with Crippen molar-refractivity contribution >= 4 is 11.9 Å². The first-order valence-corrected chi connectivity index (χ1v) is 7.78. The molecule has 7 nitrogen and oxygen atoms in total. The van der Waals surface area contributed by atoms with E-state index in [1.54, 1.807) is 20.3 Å². The monoisotopic (exact) mass is 347 g/mol. The zero-order chi connectivity index (χ0) is 18.2. The van der Waals surface area contributed by atoms with Gasteiger partial charge in [-0.1, -0.05) is 6.07 Å². The van der Waals surface area contributed by atoms with E-state index < -0.39 is 12.1 Å². The molecule has 0 bridgehead atoms. The van der Waals surface area contributed by atoms with Crippen molar-refractivity contribution in [2.45, 2.75) is 19.4 Å². The molecule has 1 heterocycles. The molecular formula is C18H21NO6. The van der Waals surface area contributed by atoms with Gasteiger partial charge < -0.3 is 23.9 Å². The van der Waals surface area contributed by atoms with Crippen molar-refractivity contribution in [3.63, 3.8) is 0 Å². The fourth-order valence-corrected chi connectivity index (χ4v) is 2.18. The Balaban J connectivity index is 1.80. The van der Waals surface area contributed by atoms with Crippen LogP contribution in [0.15, 0.2) is 41.0 Å². The van der Waals surface area contributed by atoms with Gasteiger partial charge in [-0.3, -0.25) is 4.79 Å². The molecule has 0 radical (unpaired) electrons. The van der Waals surface area contributed by atoms with Crippen molar-refractivity contribution in [1.82, 2.24) is 5.32 Å². The van der Waals surface area contributed by atoms with Crippen LogP contribution in [-0.4, -0.2) is 38.7 Å². The lowest BCUT2D eigenvalue weighted by Gasteiger charge is -2.13.